The van der Waals surface area contributed by atoms with Crippen molar-refractivity contribution in [3.8, 4) is 0 Å². The number of nitrogens with two attached hydrogens (primary N) is 1. The van der Waals surface area contributed by atoms with Crippen molar-refractivity contribution < 1.29 is 0 Å². The lowest BCUT2D eigenvalue weighted by Gasteiger charge is -2.24. The van der Waals surface area contributed by atoms with Crippen LogP contribution in [0.25, 0.3) is 0 Å². The lowest BCUT2D eigenvalue weighted by molar-refractivity contribution is 0.321. The Kier molecular flexibility index (Phi) is 4.85. The first-order valence-corrected chi connectivity index (χ1v) is 5.66. The summed E-state index contributed by atoms with van der Waals surface area (Å²) in [6.07, 6.45) is 6.17. The molecule has 1 aromatic rings. The number of hydrogen-bond acceptors (Lipinski definition) is 2. The van der Waals surface area contributed by atoms with Crippen LogP contribution in [0.5, 0.6) is 0 Å². The van der Waals surface area contributed by atoms with Crippen LogP contribution < -0.4 is 11.1 Å². The smallest absolute Gasteiger partial charge is 0.00378 e. The summed E-state index contributed by atoms with van der Waals surface area (Å²) in [5.41, 5.74) is 7.24. The van der Waals surface area contributed by atoms with Gasteiger partial charge in [0.2, 0.25) is 0 Å². The molecule has 4 N–H and O–H groups in total. The van der Waals surface area contributed by atoms with E-state index in [0.717, 1.165) is 32.5 Å². The number of hydrogen-bond donors (Lipinski definition) is 3. The molecule has 0 aromatic carbocycles. The summed E-state index contributed by atoms with van der Waals surface area (Å²) in [6.45, 7) is 7.35. The van der Waals surface area contributed by atoms with Crippen LogP contribution in [0.1, 0.15) is 25.8 Å². The molecule has 3 heteroatoms. The topological polar surface area (TPSA) is 53.8 Å². The first-order valence-electron chi connectivity index (χ1n) is 5.66. The lowest BCUT2D eigenvalue weighted by Crippen LogP contribution is -2.32. The summed E-state index contributed by atoms with van der Waals surface area (Å²) in [5, 5.41) is 3.48. The van der Waals surface area contributed by atoms with E-state index < -0.39 is 0 Å². The molecule has 1 rings (SSSR count). The highest BCUT2D eigenvalue weighted by Gasteiger charge is 2.15. The van der Waals surface area contributed by atoms with Crippen molar-refractivity contribution >= 4 is 0 Å². The average molecular weight is 209 g/mol. The molecule has 0 aliphatic carbocycles. The van der Waals surface area contributed by atoms with Crippen molar-refractivity contribution in [3.05, 3.63) is 24.0 Å². The van der Waals surface area contributed by atoms with E-state index in [9.17, 15) is 0 Å². The van der Waals surface area contributed by atoms with E-state index in [1.54, 1.807) is 0 Å². The SMILES string of the molecule is CC(C)(CCN)CNCCc1cc[nH]c1. The van der Waals surface area contributed by atoms with E-state index in [0.29, 0.717) is 5.41 Å². The summed E-state index contributed by atoms with van der Waals surface area (Å²) < 4.78 is 0. The number of aromatic amines is 1. The molecule has 0 fully saturated rings. The van der Waals surface area contributed by atoms with E-state index in [-0.39, 0.29) is 0 Å². The van der Waals surface area contributed by atoms with Crippen LogP contribution in [0.2, 0.25) is 0 Å². The van der Waals surface area contributed by atoms with E-state index >= 15 is 0 Å². The van der Waals surface area contributed by atoms with E-state index in [1.165, 1.54) is 5.56 Å². The van der Waals surface area contributed by atoms with Crippen molar-refractivity contribution in [2.45, 2.75) is 26.7 Å². The van der Waals surface area contributed by atoms with Gasteiger partial charge in [-0.3, -0.25) is 0 Å². The van der Waals surface area contributed by atoms with Crippen molar-refractivity contribution in [1.82, 2.24) is 10.3 Å². The second kappa shape index (κ2) is 5.93. The molecule has 0 aliphatic heterocycles. The van der Waals surface area contributed by atoms with Crippen LogP contribution in [0.3, 0.4) is 0 Å². The molecule has 1 aromatic heterocycles. The summed E-state index contributed by atoms with van der Waals surface area (Å²) in [7, 11) is 0. The minimum Gasteiger partial charge on any atom is -0.367 e. The molecule has 86 valence electrons. The normalized spacial score (nSPS) is 11.9. The molecule has 0 saturated carbocycles. The van der Waals surface area contributed by atoms with Crippen molar-refractivity contribution in [3.63, 3.8) is 0 Å². The van der Waals surface area contributed by atoms with Gasteiger partial charge in [0.15, 0.2) is 0 Å². The predicted octanol–water partition coefficient (Wildman–Crippen LogP) is 1.52. The Bertz CT molecular complexity index is 252. The van der Waals surface area contributed by atoms with Crippen molar-refractivity contribution in [2.75, 3.05) is 19.6 Å². The third-order valence-corrected chi connectivity index (χ3v) is 2.68. The Labute approximate surface area is 92.4 Å². The number of aromatic nitrogens is 1. The third kappa shape index (κ3) is 5.00. The van der Waals surface area contributed by atoms with Crippen molar-refractivity contribution in [2.24, 2.45) is 11.1 Å². The first kappa shape index (κ1) is 12.3. The second-order valence-electron chi connectivity index (χ2n) is 4.85. The molecule has 1 heterocycles. The largest absolute Gasteiger partial charge is 0.367 e. The third-order valence-electron chi connectivity index (χ3n) is 2.68. The molecule has 0 radical (unpaired) electrons. The Morgan fingerprint density at radius 3 is 2.87 bits per heavy atom. The zero-order valence-electron chi connectivity index (χ0n) is 9.84. The van der Waals surface area contributed by atoms with E-state index in [2.05, 4.69) is 30.2 Å². The van der Waals surface area contributed by atoms with Crippen LogP contribution >= 0.6 is 0 Å². The maximum atomic E-state index is 5.56. The molecule has 3 nitrogen and oxygen atoms in total. The Morgan fingerprint density at radius 2 is 2.27 bits per heavy atom. The van der Waals surface area contributed by atoms with E-state index in [4.69, 9.17) is 5.73 Å². The maximum absolute atomic E-state index is 5.56. The van der Waals surface area contributed by atoms with Crippen molar-refractivity contribution in [1.29, 1.82) is 0 Å². The van der Waals surface area contributed by atoms with Gasteiger partial charge in [-0.25, -0.2) is 0 Å². The van der Waals surface area contributed by atoms with Gasteiger partial charge in [0.25, 0.3) is 0 Å². The average Bonchev–Trinajstić information content (AvgIpc) is 2.65. The zero-order chi connectivity index (χ0) is 11.1. The Balaban J connectivity index is 2.11. The molecular formula is C12H23N3. The van der Waals surface area contributed by atoms with Gasteiger partial charge in [0.05, 0.1) is 0 Å². The standard InChI is InChI=1S/C12H23N3/c1-12(2,5-6-13)10-15-8-4-11-3-7-14-9-11/h3,7,9,14-15H,4-6,8,10,13H2,1-2H3. The number of nitrogens with one attached hydrogen (secondary N) is 2. The lowest BCUT2D eigenvalue weighted by atomic mass is 9.89. The highest BCUT2D eigenvalue weighted by Crippen LogP contribution is 2.17. The fourth-order valence-corrected chi connectivity index (χ4v) is 1.65. The van der Waals surface area contributed by atoms with Crippen LogP contribution in [-0.2, 0) is 6.42 Å². The number of H-pyrrole nitrogens is 1. The minimum absolute atomic E-state index is 0.312. The molecule has 0 spiro atoms. The maximum Gasteiger partial charge on any atom is 0.00378 e. The molecule has 0 amide bonds. The minimum atomic E-state index is 0.312. The van der Waals surface area contributed by atoms with Gasteiger partial charge >= 0.3 is 0 Å². The highest BCUT2D eigenvalue weighted by atomic mass is 14.9. The molecule has 0 bridgehead atoms. The zero-order valence-corrected chi connectivity index (χ0v) is 9.84. The molecule has 0 atom stereocenters. The summed E-state index contributed by atoms with van der Waals surface area (Å²) in [5.74, 6) is 0. The molecule has 0 unspecified atom stereocenters. The van der Waals surface area contributed by atoms with E-state index in [1.807, 2.05) is 12.4 Å². The molecule has 0 aliphatic rings. The fraction of sp³-hybridized carbons (Fsp3) is 0.667. The summed E-state index contributed by atoms with van der Waals surface area (Å²) in [4.78, 5) is 3.06. The Morgan fingerprint density at radius 1 is 1.47 bits per heavy atom. The molecule has 0 saturated heterocycles. The molecule has 15 heavy (non-hydrogen) atoms. The Hall–Kier alpha value is -0.800. The van der Waals surface area contributed by atoms with Gasteiger partial charge in [0, 0.05) is 18.9 Å². The number of rotatable bonds is 7. The monoisotopic (exact) mass is 209 g/mol. The van der Waals surface area contributed by atoms with Gasteiger partial charge < -0.3 is 16.0 Å². The summed E-state index contributed by atoms with van der Waals surface area (Å²) >= 11 is 0. The second-order valence-corrected chi connectivity index (χ2v) is 4.85. The summed E-state index contributed by atoms with van der Waals surface area (Å²) in [6, 6.07) is 2.12. The van der Waals surface area contributed by atoms with Gasteiger partial charge in [-0.05, 0) is 43.0 Å². The van der Waals surface area contributed by atoms with Gasteiger partial charge in [0.1, 0.15) is 0 Å². The van der Waals surface area contributed by atoms with Gasteiger partial charge in [-0.2, -0.15) is 0 Å². The molecular weight excluding hydrogens is 186 g/mol. The van der Waals surface area contributed by atoms with Crippen LogP contribution in [0.4, 0.5) is 0 Å². The van der Waals surface area contributed by atoms with Crippen LogP contribution in [0.15, 0.2) is 18.5 Å². The van der Waals surface area contributed by atoms with Crippen LogP contribution in [-0.4, -0.2) is 24.6 Å². The predicted molar refractivity (Wildman–Crippen MR) is 64.8 cm³/mol. The van der Waals surface area contributed by atoms with Gasteiger partial charge in [-0.1, -0.05) is 13.8 Å². The highest BCUT2D eigenvalue weighted by molar-refractivity contribution is 5.08. The van der Waals surface area contributed by atoms with Crippen LogP contribution in [0, 0.1) is 5.41 Å². The van der Waals surface area contributed by atoms with Gasteiger partial charge in [-0.15, -0.1) is 0 Å². The first-order chi connectivity index (χ1) is 7.14. The quantitative estimate of drug-likeness (QED) is 0.596. The fourth-order valence-electron chi connectivity index (χ4n) is 1.65.